The summed E-state index contributed by atoms with van der Waals surface area (Å²) in [5.41, 5.74) is 6.21. The minimum Gasteiger partial charge on any atom is -0.353 e. The van der Waals surface area contributed by atoms with Crippen LogP contribution in [-0.2, 0) is 16.0 Å². The summed E-state index contributed by atoms with van der Waals surface area (Å²) in [6, 6.07) is 9.38. The Morgan fingerprint density at radius 1 is 1.11 bits per heavy atom. The molecule has 1 rings (SSSR count). The highest BCUT2D eigenvalue weighted by Gasteiger charge is 2.12. The van der Waals surface area contributed by atoms with E-state index in [1.807, 2.05) is 44.2 Å². The van der Waals surface area contributed by atoms with E-state index in [1.54, 1.807) is 0 Å². The molecule has 1 aromatic rings. The van der Waals surface area contributed by atoms with Gasteiger partial charge in [0.1, 0.15) is 0 Å². The van der Waals surface area contributed by atoms with Crippen LogP contribution >= 0.6 is 0 Å². The number of benzene rings is 1. The standard InChI is InChI=1S/C14H21N3O2/c1-14(2,15)10-17-13(19)9-16-12(18)8-11-6-4-3-5-7-11/h3-7H,8-10,15H2,1-2H3,(H,16,18)(H,17,19). The van der Waals surface area contributed by atoms with Gasteiger partial charge in [0, 0.05) is 12.1 Å². The van der Waals surface area contributed by atoms with Gasteiger partial charge in [-0.1, -0.05) is 30.3 Å². The molecule has 0 radical (unpaired) electrons. The van der Waals surface area contributed by atoms with Crippen molar-refractivity contribution in [2.75, 3.05) is 13.1 Å². The maximum Gasteiger partial charge on any atom is 0.239 e. The molecule has 2 amide bonds. The first kappa shape index (κ1) is 15.2. The average Bonchev–Trinajstić information content (AvgIpc) is 2.34. The Labute approximate surface area is 113 Å². The monoisotopic (exact) mass is 263 g/mol. The van der Waals surface area contributed by atoms with Crippen molar-refractivity contribution in [2.24, 2.45) is 5.73 Å². The number of nitrogens with one attached hydrogen (secondary N) is 2. The first-order chi connectivity index (χ1) is 8.87. The van der Waals surface area contributed by atoms with E-state index in [2.05, 4.69) is 10.6 Å². The van der Waals surface area contributed by atoms with Crippen molar-refractivity contribution < 1.29 is 9.59 Å². The molecule has 0 saturated carbocycles. The fraction of sp³-hybridized carbons (Fsp3) is 0.429. The minimum atomic E-state index is -0.455. The van der Waals surface area contributed by atoms with Crippen LogP contribution < -0.4 is 16.4 Å². The number of nitrogens with two attached hydrogens (primary N) is 1. The molecule has 0 saturated heterocycles. The average molecular weight is 263 g/mol. The van der Waals surface area contributed by atoms with Crippen LogP contribution in [0.3, 0.4) is 0 Å². The first-order valence-corrected chi connectivity index (χ1v) is 6.23. The number of carbonyl (C=O) groups is 2. The fourth-order valence-electron chi connectivity index (χ4n) is 1.41. The molecule has 0 bridgehead atoms. The third kappa shape index (κ3) is 7.21. The molecule has 0 fully saturated rings. The second-order valence-corrected chi connectivity index (χ2v) is 5.20. The SMILES string of the molecule is CC(C)(N)CNC(=O)CNC(=O)Cc1ccccc1. The lowest BCUT2D eigenvalue weighted by atomic mass is 10.1. The van der Waals surface area contributed by atoms with Crippen molar-refractivity contribution in [3.63, 3.8) is 0 Å². The van der Waals surface area contributed by atoms with Crippen LogP contribution in [0.25, 0.3) is 0 Å². The summed E-state index contributed by atoms with van der Waals surface area (Å²) in [5, 5.41) is 5.24. The maximum atomic E-state index is 11.6. The van der Waals surface area contributed by atoms with E-state index >= 15 is 0 Å². The van der Waals surface area contributed by atoms with Gasteiger partial charge in [-0.3, -0.25) is 9.59 Å². The van der Waals surface area contributed by atoms with Crippen LogP contribution in [0.15, 0.2) is 30.3 Å². The van der Waals surface area contributed by atoms with E-state index in [4.69, 9.17) is 5.73 Å². The number of amides is 2. The summed E-state index contributed by atoms with van der Waals surface area (Å²) in [5.74, 6) is -0.409. The molecule has 104 valence electrons. The Morgan fingerprint density at radius 2 is 1.74 bits per heavy atom. The van der Waals surface area contributed by atoms with Crippen molar-refractivity contribution in [1.29, 1.82) is 0 Å². The Morgan fingerprint density at radius 3 is 2.32 bits per heavy atom. The molecule has 0 aliphatic heterocycles. The molecule has 0 aromatic heterocycles. The van der Waals surface area contributed by atoms with Gasteiger partial charge in [-0.25, -0.2) is 0 Å². The number of hydrogen-bond donors (Lipinski definition) is 3. The van der Waals surface area contributed by atoms with E-state index in [0.29, 0.717) is 6.54 Å². The lowest BCUT2D eigenvalue weighted by molar-refractivity contribution is -0.125. The van der Waals surface area contributed by atoms with Crippen molar-refractivity contribution in [3.05, 3.63) is 35.9 Å². The van der Waals surface area contributed by atoms with Crippen molar-refractivity contribution >= 4 is 11.8 Å². The Balaban J connectivity index is 2.25. The topological polar surface area (TPSA) is 84.2 Å². The summed E-state index contributed by atoms with van der Waals surface area (Å²) in [7, 11) is 0. The predicted octanol–water partition coefficient (Wildman–Crippen LogP) is 0.199. The molecule has 0 aliphatic rings. The van der Waals surface area contributed by atoms with Crippen molar-refractivity contribution in [1.82, 2.24) is 10.6 Å². The molecule has 0 unspecified atom stereocenters. The van der Waals surface area contributed by atoms with Gasteiger partial charge < -0.3 is 16.4 Å². The Hall–Kier alpha value is -1.88. The largest absolute Gasteiger partial charge is 0.353 e. The van der Waals surface area contributed by atoms with Gasteiger partial charge in [0.05, 0.1) is 13.0 Å². The molecule has 0 aliphatic carbocycles. The molecule has 4 N–H and O–H groups in total. The predicted molar refractivity (Wildman–Crippen MR) is 74.4 cm³/mol. The second kappa shape index (κ2) is 6.89. The molecule has 0 atom stereocenters. The van der Waals surface area contributed by atoms with E-state index in [-0.39, 0.29) is 24.8 Å². The van der Waals surface area contributed by atoms with Gasteiger partial charge in [0.25, 0.3) is 0 Å². The van der Waals surface area contributed by atoms with E-state index in [0.717, 1.165) is 5.56 Å². The number of hydrogen-bond acceptors (Lipinski definition) is 3. The fourth-order valence-corrected chi connectivity index (χ4v) is 1.41. The van der Waals surface area contributed by atoms with Crippen LogP contribution in [0.5, 0.6) is 0 Å². The zero-order valence-corrected chi connectivity index (χ0v) is 11.4. The zero-order valence-electron chi connectivity index (χ0n) is 11.4. The van der Waals surface area contributed by atoms with Crippen molar-refractivity contribution in [2.45, 2.75) is 25.8 Å². The molecule has 0 spiro atoms. The quantitative estimate of drug-likeness (QED) is 0.685. The van der Waals surface area contributed by atoms with Crippen LogP contribution in [0.1, 0.15) is 19.4 Å². The summed E-state index contributed by atoms with van der Waals surface area (Å²) in [6.45, 7) is 3.99. The molecular formula is C14H21N3O2. The van der Waals surface area contributed by atoms with Crippen LogP contribution in [0, 0.1) is 0 Å². The van der Waals surface area contributed by atoms with Crippen LogP contribution in [0.4, 0.5) is 0 Å². The third-order valence-corrected chi connectivity index (χ3v) is 2.39. The van der Waals surface area contributed by atoms with Gasteiger partial charge in [-0.05, 0) is 19.4 Å². The summed E-state index contributed by atoms with van der Waals surface area (Å²) < 4.78 is 0. The Bertz CT molecular complexity index is 424. The van der Waals surface area contributed by atoms with Gasteiger partial charge in [-0.15, -0.1) is 0 Å². The summed E-state index contributed by atoms with van der Waals surface area (Å²) in [6.07, 6.45) is 0.274. The minimum absolute atomic E-state index is 0.0260. The normalized spacial score (nSPS) is 10.9. The number of rotatable bonds is 6. The van der Waals surface area contributed by atoms with Gasteiger partial charge in [-0.2, -0.15) is 0 Å². The smallest absolute Gasteiger partial charge is 0.239 e. The molecule has 19 heavy (non-hydrogen) atoms. The maximum absolute atomic E-state index is 11.6. The summed E-state index contributed by atoms with van der Waals surface area (Å²) in [4.78, 5) is 23.1. The molecular weight excluding hydrogens is 242 g/mol. The molecule has 1 aromatic carbocycles. The molecule has 5 heteroatoms. The second-order valence-electron chi connectivity index (χ2n) is 5.20. The van der Waals surface area contributed by atoms with E-state index in [1.165, 1.54) is 0 Å². The summed E-state index contributed by atoms with van der Waals surface area (Å²) >= 11 is 0. The highest BCUT2D eigenvalue weighted by molar-refractivity contribution is 5.85. The molecule has 0 heterocycles. The Kier molecular flexibility index (Phi) is 5.51. The van der Waals surface area contributed by atoms with Crippen LogP contribution in [0.2, 0.25) is 0 Å². The van der Waals surface area contributed by atoms with E-state index < -0.39 is 5.54 Å². The number of carbonyl (C=O) groups excluding carboxylic acids is 2. The van der Waals surface area contributed by atoms with Gasteiger partial charge in [0.2, 0.25) is 11.8 Å². The highest BCUT2D eigenvalue weighted by Crippen LogP contribution is 1.98. The lowest BCUT2D eigenvalue weighted by Gasteiger charge is -2.18. The van der Waals surface area contributed by atoms with E-state index in [9.17, 15) is 9.59 Å². The van der Waals surface area contributed by atoms with Gasteiger partial charge in [0.15, 0.2) is 0 Å². The third-order valence-electron chi connectivity index (χ3n) is 2.39. The zero-order chi connectivity index (χ0) is 14.3. The van der Waals surface area contributed by atoms with Crippen molar-refractivity contribution in [3.8, 4) is 0 Å². The first-order valence-electron chi connectivity index (χ1n) is 6.23. The lowest BCUT2D eigenvalue weighted by Crippen LogP contribution is -2.47. The highest BCUT2D eigenvalue weighted by atomic mass is 16.2. The van der Waals surface area contributed by atoms with Gasteiger partial charge >= 0.3 is 0 Å². The molecule has 5 nitrogen and oxygen atoms in total. The van der Waals surface area contributed by atoms with Crippen LogP contribution in [-0.4, -0.2) is 30.4 Å².